The van der Waals surface area contributed by atoms with E-state index < -0.39 is 5.97 Å². The molecule has 0 saturated heterocycles. The summed E-state index contributed by atoms with van der Waals surface area (Å²) in [5, 5.41) is 9.45. The predicted octanol–water partition coefficient (Wildman–Crippen LogP) is 4.62. The third-order valence-corrected chi connectivity index (χ3v) is 4.31. The van der Waals surface area contributed by atoms with Crippen LogP contribution in [0.1, 0.15) is 40.6 Å². The van der Waals surface area contributed by atoms with Crippen molar-refractivity contribution in [1.82, 2.24) is 0 Å². The molecule has 0 aliphatic rings. The van der Waals surface area contributed by atoms with Gasteiger partial charge in [0.25, 0.3) is 0 Å². The summed E-state index contributed by atoms with van der Waals surface area (Å²) in [6.45, 7) is 1.98. The Morgan fingerprint density at radius 3 is 2.52 bits per heavy atom. The normalized spacial score (nSPS) is 11.2. The summed E-state index contributed by atoms with van der Waals surface area (Å²) < 4.78 is 11.1. The molecule has 1 N–H and O–H groups in total. The molecule has 138 valence electrons. The standard InChI is InChI=1S/C22H20O5/c1-3-4-17-19(11-7-14-5-9-16(26-2)10-6-14)27-20-12-8-15(22(24)25)13-18(20)21(17)23/h5-13H,3-4H2,1-2H3,(H,24,25)/b11-7+. The molecule has 5 nitrogen and oxygen atoms in total. The van der Waals surface area contributed by atoms with Crippen molar-refractivity contribution in [2.45, 2.75) is 19.8 Å². The SMILES string of the molecule is CCCc1c(/C=C/c2ccc(OC)cc2)oc2ccc(C(=O)O)cc2c1=O. The molecule has 3 aromatic rings. The lowest BCUT2D eigenvalue weighted by Crippen LogP contribution is -2.12. The van der Waals surface area contributed by atoms with E-state index in [1.54, 1.807) is 13.2 Å². The van der Waals surface area contributed by atoms with Gasteiger partial charge in [-0.1, -0.05) is 31.6 Å². The third-order valence-electron chi connectivity index (χ3n) is 4.31. The summed E-state index contributed by atoms with van der Waals surface area (Å²) in [5.74, 6) is 0.190. The fourth-order valence-corrected chi connectivity index (χ4v) is 2.89. The fraction of sp³-hybridized carbons (Fsp3) is 0.182. The minimum atomic E-state index is -1.07. The third kappa shape index (κ3) is 3.92. The lowest BCUT2D eigenvalue weighted by atomic mass is 10.0. The van der Waals surface area contributed by atoms with Crippen LogP contribution in [0.5, 0.6) is 5.75 Å². The zero-order chi connectivity index (χ0) is 19.4. The van der Waals surface area contributed by atoms with E-state index >= 15 is 0 Å². The first-order chi connectivity index (χ1) is 13.0. The smallest absolute Gasteiger partial charge is 0.335 e. The number of benzene rings is 2. The highest BCUT2D eigenvalue weighted by molar-refractivity contribution is 5.93. The van der Waals surface area contributed by atoms with Crippen molar-refractivity contribution in [3.63, 3.8) is 0 Å². The van der Waals surface area contributed by atoms with Gasteiger partial charge < -0.3 is 14.3 Å². The van der Waals surface area contributed by atoms with E-state index in [4.69, 9.17) is 14.3 Å². The average Bonchev–Trinajstić information content (AvgIpc) is 2.69. The van der Waals surface area contributed by atoms with Gasteiger partial charge in [-0.25, -0.2) is 4.79 Å². The number of carbonyl (C=O) groups is 1. The highest BCUT2D eigenvalue weighted by Crippen LogP contribution is 2.21. The van der Waals surface area contributed by atoms with Crippen LogP contribution in [0.15, 0.2) is 51.7 Å². The Kier molecular flexibility index (Phi) is 5.41. The Morgan fingerprint density at radius 1 is 1.15 bits per heavy atom. The Hall–Kier alpha value is -3.34. The molecular weight excluding hydrogens is 344 g/mol. The second-order valence-electron chi connectivity index (χ2n) is 6.15. The minimum absolute atomic E-state index is 0.0683. The van der Waals surface area contributed by atoms with Crippen molar-refractivity contribution < 1.29 is 19.1 Å². The molecule has 27 heavy (non-hydrogen) atoms. The lowest BCUT2D eigenvalue weighted by Gasteiger charge is -2.07. The minimum Gasteiger partial charge on any atom is -0.497 e. The molecule has 1 aromatic heterocycles. The number of carboxylic acids is 1. The Labute approximate surface area is 156 Å². The molecule has 5 heteroatoms. The molecule has 0 unspecified atom stereocenters. The van der Waals surface area contributed by atoms with E-state index in [1.807, 2.05) is 37.3 Å². The van der Waals surface area contributed by atoms with Crippen molar-refractivity contribution in [3.05, 3.63) is 75.1 Å². The largest absolute Gasteiger partial charge is 0.497 e. The summed E-state index contributed by atoms with van der Waals surface area (Å²) in [4.78, 5) is 24.1. The number of fused-ring (bicyclic) bond motifs is 1. The maximum Gasteiger partial charge on any atom is 0.335 e. The summed E-state index contributed by atoms with van der Waals surface area (Å²) in [6, 6.07) is 11.9. The predicted molar refractivity (Wildman–Crippen MR) is 105 cm³/mol. The maximum absolute atomic E-state index is 12.9. The zero-order valence-corrected chi connectivity index (χ0v) is 15.2. The number of ether oxygens (including phenoxy) is 1. The molecular formula is C22H20O5. The van der Waals surface area contributed by atoms with E-state index in [-0.39, 0.29) is 11.0 Å². The molecule has 0 aliphatic heterocycles. The Bertz CT molecular complexity index is 1060. The van der Waals surface area contributed by atoms with E-state index in [2.05, 4.69) is 0 Å². The second kappa shape index (κ2) is 7.91. The van der Waals surface area contributed by atoms with Crippen molar-refractivity contribution in [2.75, 3.05) is 7.11 Å². The summed E-state index contributed by atoms with van der Waals surface area (Å²) in [7, 11) is 1.61. The van der Waals surface area contributed by atoms with Gasteiger partial charge in [0.2, 0.25) is 0 Å². The monoisotopic (exact) mass is 364 g/mol. The van der Waals surface area contributed by atoms with Crippen molar-refractivity contribution in [2.24, 2.45) is 0 Å². The first-order valence-corrected chi connectivity index (χ1v) is 8.68. The lowest BCUT2D eigenvalue weighted by molar-refractivity contribution is 0.0697. The highest BCUT2D eigenvalue weighted by Gasteiger charge is 2.14. The Balaban J connectivity index is 2.09. The van der Waals surface area contributed by atoms with Gasteiger partial charge >= 0.3 is 5.97 Å². The van der Waals surface area contributed by atoms with E-state index in [1.165, 1.54) is 18.2 Å². The van der Waals surface area contributed by atoms with E-state index in [0.29, 0.717) is 28.7 Å². The highest BCUT2D eigenvalue weighted by atomic mass is 16.5. The van der Waals surface area contributed by atoms with Gasteiger partial charge in [-0.3, -0.25) is 4.79 Å². The van der Waals surface area contributed by atoms with Crippen molar-refractivity contribution in [3.8, 4) is 5.75 Å². The first-order valence-electron chi connectivity index (χ1n) is 8.68. The van der Waals surface area contributed by atoms with Crippen LogP contribution in [0, 0.1) is 0 Å². The molecule has 2 aromatic carbocycles. The van der Waals surface area contributed by atoms with Gasteiger partial charge in [0.15, 0.2) is 5.43 Å². The van der Waals surface area contributed by atoms with Crippen LogP contribution in [0.3, 0.4) is 0 Å². The molecule has 0 aliphatic carbocycles. The van der Waals surface area contributed by atoms with Crippen LogP contribution in [-0.2, 0) is 6.42 Å². The van der Waals surface area contributed by atoms with Crippen LogP contribution >= 0.6 is 0 Å². The van der Waals surface area contributed by atoms with Gasteiger partial charge in [-0.15, -0.1) is 0 Å². The van der Waals surface area contributed by atoms with E-state index in [9.17, 15) is 9.59 Å². The fourth-order valence-electron chi connectivity index (χ4n) is 2.89. The van der Waals surface area contributed by atoms with Crippen LogP contribution in [-0.4, -0.2) is 18.2 Å². The second-order valence-corrected chi connectivity index (χ2v) is 6.15. The molecule has 0 atom stereocenters. The molecule has 0 fully saturated rings. The molecule has 0 radical (unpaired) electrons. The summed E-state index contributed by atoms with van der Waals surface area (Å²) in [5.41, 5.74) is 1.76. The van der Waals surface area contributed by atoms with Gasteiger partial charge in [0.1, 0.15) is 17.1 Å². The molecule has 0 bridgehead atoms. The number of aromatic carboxylic acids is 1. The van der Waals surface area contributed by atoms with Crippen LogP contribution < -0.4 is 10.2 Å². The molecule has 0 amide bonds. The van der Waals surface area contributed by atoms with Crippen LogP contribution in [0.4, 0.5) is 0 Å². The zero-order valence-electron chi connectivity index (χ0n) is 15.2. The number of methoxy groups -OCH3 is 1. The number of hydrogen-bond donors (Lipinski definition) is 1. The van der Waals surface area contributed by atoms with Crippen LogP contribution in [0.25, 0.3) is 23.1 Å². The number of rotatable bonds is 6. The van der Waals surface area contributed by atoms with E-state index in [0.717, 1.165) is 17.7 Å². The van der Waals surface area contributed by atoms with Gasteiger partial charge in [0.05, 0.1) is 18.1 Å². The Morgan fingerprint density at radius 2 is 1.89 bits per heavy atom. The molecule has 1 heterocycles. The molecule has 0 saturated carbocycles. The molecule has 0 spiro atoms. The van der Waals surface area contributed by atoms with Crippen molar-refractivity contribution in [1.29, 1.82) is 0 Å². The summed E-state index contributed by atoms with van der Waals surface area (Å²) >= 11 is 0. The van der Waals surface area contributed by atoms with Gasteiger partial charge in [-0.05, 0) is 48.4 Å². The maximum atomic E-state index is 12.9. The number of carboxylic acid groups (broad SMARTS) is 1. The quantitative estimate of drug-likeness (QED) is 0.690. The van der Waals surface area contributed by atoms with Crippen LogP contribution in [0.2, 0.25) is 0 Å². The first kappa shape index (κ1) is 18.5. The molecule has 3 rings (SSSR count). The number of hydrogen-bond acceptors (Lipinski definition) is 4. The van der Waals surface area contributed by atoms with Gasteiger partial charge in [0, 0.05) is 5.56 Å². The average molecular weight is 364 g/mol. The topological polar surface area (TPSA) is 76.7 Å². The summed E-state index contributed by atoms with van der Waals surface area (Å²) in [6.07, 6.45) is 4.98. The van der Waals surface area contributed by atoms with Crippen molar-refractivity contribution >= 4 is 29.1 Å². The van der Waals surface area contributed by atoms with Gasteiger partial charge in [-0.2, -0.15) is 0 Å².